The molecule has 5 heteroatoms. The third kappa shape index (κ3) is 22.0. The number of rotatable bonds is 12. The molecular formula is C16H36Cl2OSn2. The van der Waals surface area contributed by atoms with Gasteiger partial charge in [0.25, 0.3) is 0 Å². The van der Waals surface area contributed by atoms with E-state index in [1.54, 1.807) is 0 Å². The molecule has 0 aromatic rings. The Bertz CT molecular complexity index is 216. The monoisotopic (exact) mass is 554 g/mol. The fourth-order valence-electron chi connectivity index (χ4n) is 1.87. The molecule has 0 aliphatic heterocycles. The molecule has 0 atom stereocenters. The summed E-state index contributed by atoms with van der Waals surface area (Å²) in [5.74, 6) is 0. The topological polar surface area (TPSA) is 17.1 Å². The van der Waals surface area contributed by atoms with Crippen molar-refractivity contribution < 1.29 is 3.08 Å². The van der Waals surface area contributed by atoms with E-state index in [0.29, 0.717) is 0 Å². The van der Waals surface area contributed by atoms with Crippen LogP contribution in [0.1, 0.15) is 79.1 Å². The second-order valence-electron chi connectivity index (χ2n) is 5.81. The van der Waals surface area contributed by atoms with E-state index in [2.05, 4.69) is 27.7 Å². The van der Waals surface area contributed by atoms with Crippen molar-refractivity contribution in [3.63, 3.8) is 0 Å². The van der Waals surface area contributed by atoms with Gasteiger partial charge < -0.3 is 0 Å². The molecule has 0 aromatic carbocycles. The van der Waals surface area contributed by atoms with Gasteiger partial charge in [-0.05, 0) is 0 Å². The Morgan fingerprint density at radius 1 is 0.714 bits per heavy atom. The zero-order valence-electron chi connectivity index (χ0n) is 14.6. The Morgan fingerprint density at radius 2 is 1.05 bits per heavy atom. The van der Waals surface area contributed by atoms with Crippen LogP contribution in [0.2, 0.25) is 17.7 Å². The van der Waals surface area contributed by atoms with Gasteiger partial charge in [0.1, 0.15) is 0 Å². The first-order valence-corrected chi connectivity index (χ1v) is 25.3. The summed E-state index contributed by atoms with van der Waals surface area (Å²) in [4.78, 5) is 0. The summed E-state index contributed by atoms with van der Waals surface area (Å²) >= 11 is -4.48. The van der Waals surface area contributed by atoms with Gasteiger partial charge in [-0.15, -0.1) is 0 Å². The third-order valence-electron chi connectivity index (χ3n) is 3.41. The normalized spacial score (nSPS) is 11.0. The van der Waals surface area contributed by atoms with Gasteiger partial charge in [0.05, 0.1) is 0 Å². The van der Waals surface area contributed by atoms with E-state index in [0.717, 1.165) is 17.7 Å². The quantitative estimate of drug-likeness (QED) is 0.229. The summed E-state index contributed by atoms with van der Waals surface area (Å²) in [6.45, 7) is 8.71. The minimum atomic E-state index is -2.49. The molecule has 0 amide bonds. The number of unbranched alkanes of at least 4 members (excludes halogenated alkanes) is 4. The van der Waals surface area contributed by atoms with E-state index in [4.69, 9.17) is 17.8 Å². The second kappa shape index (κ2) is 18.3. The Hall–Kier alpha value is 1.98. The van der Waals surface area contributed by atoms with Crippen molar-refractivity contribution in [2.75, 3.05) is 0 Å². The molecule has 0 aliphatic rings. The van der Waals surface area contributed by atoms with E-state index in [9.17, 15) is 3.08 Å². The van der Waals surface area contributed by atoms with Crippen molar-refractivity contribution in [2.24, 2.45) is 0 Å². The van der Waals surface area contributed by atoms with Crippen molar-refractivity contribution in [1.82, 2.24) is 0 Å². The zero-order chi connectivity index (χ0) is 16.6. The Labute approximate surface area is 152 Å². The molecule has 0 saturated heterocycles. The Balaban J connectivity index is 0. The van der Waals surface area contributed by atoms with Gasteiger partial charge in [0.2, 0.25) is 0 Å². The first-order valence-electron chi connectivity index (χ1n) is 8.82. The molecule has 21 heavy (non-hydrogen) atoms. The SMILES string of the molecule is CCC[CH2][Sn](=[O])[CH2]CCC.CCC[CH2][Sn]([Cl])([Cl])[CH2]CCC. The fourth-order valence-corrected chi connectivity index (χ4v) is 16.1. The van der Waals surface area contributed by atoms with Crippen molar-refractivity contribution in [1.29, 1.82) is 0 Å². The average Bonchev–Trinajstić information content (AvgIpc) is 2.47. The summed E-state index contributed by atoms with van der Waals surface area (Å²) in [7, 11) is 12.5. The fraction of sp³-hybridized carbons (Fsp3) is 1.00. The van der Waals surface area contributed by atoms with Crippen LogP contribution in [0.5, 0.6) is 0 Å². The number of halogens is 2. The molecule has 0 N–H and O–H groups in total. The molecule has 0 saturated carbocycles. The number of hydrogen-bond donors (Lipinski definition) is 0. The Morgan fingerprint density at radius 3 is 1.33 bits per heavy atom. The molecule has 1 nitrogen and oxygen atoms in total. The standard InChI is InChI=1S/4C4H9.2ClH.O.2Sn/c4*1-3-4-2;;;;;/h4*1,3-4H2,2H3;2*1H;;;/q;;;;;;;;+2/p-2. The summed E-state index contributed by atoms with van der Waals surface area (Å²) < 4.78 is 15.7. The van der Waals surface area contributed by atoms with Gasteiger partial charge in [0.15, 0.2) is 0 Å². The minimum absolute atomic E-state index is 1.08. The van der Waals surface area contributed by atoms with E-state index >= 15 is 0 Å². The summed E-state index contributed by atoms with van der Waals surface area (Å²) in [5.41, 5.74) is 0. The molecule has 0 heterocycles. The van der Waals surface area contributed by atoms with Gasteiger partial charge in [-0.25, -0.2) is 0 Å². The van der Waals surface area contributed by atoms with Gasteiger partial charge in [-0.1, -0.05) is 0 Å². The third-order valence-corrected chi connectivity index (χ3v) is 19.9. The summed E-state index contributed by atoms with van der Waals surface area (Å²) in [6, 6.07) is 0. The van der Waals surface area contributed by atoms with E-state index in [1.165, 1.54) is 51.4 Å². The van der Waals surface area contributed by atoms with E-state index in [1.807, 2.05) is 0 Å². The molecular weight excluding hydrogens is 517 g/mol. The van der Waals surface area contributed by atoms with Crippen LogP contribution in [0.3, 0.4) is 0 Å². The second-order valence-corrected chi connectivity index (χ2v) is 30.5. The maximum absolute atomic E-state index is 11.2. The van der Waals surface area contributed by atoms with Crippen LogP contribution in [0.25, 0.3) is 0 Å². The van der Waals surface area contributed by atoms with Crippen molar-refractivity contribution in [3.05, 3.63) is 0 Å². The van der Waals surface area contributed by atoms with E-state index in [-0.39, 0.29) is 0 Å². The molecule has 0 spiro atoms. The number of hydrogen-bond acceptors (Lipinski definition) is 1. The van der Waals surface area contributed by atoms with Crippen LogP contribution in [-0.2, 0) is 3.08 Å². The average molecular weight is 553 g/mol. The first kappa shape index (κ1) is 25.2. The van der Waals surface area contributed by atoms with E-state index < -0.39 is 35.9 Å². The van der Waals surface area contributed by atoms with Crippen molar-refractivity contribution >= 4 is 53.7 Å². The Kier molecular flexibility index (Phi) is 22.0. The molecule has 0 aromatic heterocycles. The molecule has 0 radical (unpaired) electrons. The molecule has 0 unspecified atom stereocenters. The van der Waals surface area contributed by atoms with Gasteiger partial charge >= 0.3 is 154 Å². The molecule has 0 aliphatic carbocycles. The van der Waals surface area contributed by atoms with Crippen LogP contribution in [0.4, 0.5) is 0 Å². The van der Waals surface area contributed by atoms with Crippen LogP contribution in [0.15, 0.2) is 0 Å². The summed E-state index contributed by atoms with van der Waals surface area (Å²) in [6.07, 6.45) is 9.72. The van der Waals surface area contributed by atoms with Crippen molar-refractivity contribution in [2.45, 2.75) is 96.8 Å². The maximum atomic E-state index is 11.2. The predicted octanol–water partition coefficient (Wildman–Crippen LogP) is 7.52. The first-order chi connectivity index (χ1) is 9.93. The molecule has 128 valence electrons. The summed E-state index contributed by atoms with van der Waals surface area (Å²) in [5, 5.41) is 0. The van der Waals surface area contributed by atoms with Gasteiger partial charge in [0, 0.05) is 0 Å². The van der Waals surface area contributed by atoms with Crippen LogP contribution >= 0.6 is 17.8 Å². The van der Waals surface area contributed by atoms with Gasteiger partial charge in [-0.3, -0.25) is 0 Å². The predicted molar refractivity (Wildman–Crippen MR) is 103 cm³/mol. The molecule has 0 rings (SSSR count). The van der Waals surface area contributed by atoms with Crippen molar-refractivity contribution in [3.8, 4) is 0 Å². The molecule has 0 fully saturated rings. The van der Waals surface area contributed by atoms with Crippen LogP contribution in [0, 0.1) is 0 Å². The van der Waals surface area contributed by atoms with Crippen LogP contribution in [-0.4, -0.2) is 35.9 Å². The molecule has 0 bridgehead atoms. The zero-order valence-corrected chi connectivity index (χ0v) is 21.9. The van der Waals surface area contributed by atoms with Crippen LogP contribution < -0.4 is 0 Å². The van der Waals surface area contributed by atoms with Gasteiger partial charge in [-0.2, -0.15) is 0 Å².